The summed E-state index contributed by atoms with van der Waals surface area (Å²) in [5.74, 6) is 0.601. The molecule has 0 N–H and O–H groups in total. The van der Waals surface area contributed by atoms with Gasteiger partial charge in [0, 0.05) is 33.6 Å². The molecule has 0 saturated heterocycles. The molecule has 0 aliphatic heterocycles. The number of oxazole rings is 1. The van der Waals surface area contributed by atoms with Crippen LogP contribution in [-0.4, -0.2) is 4.98 Å². The van der Waals surface area contributed by atoms with Crippen LogP contribution in [0.15, 0.2) is 235 Å². The van der Waals surface area contributed by atoms with Gasteiger partial charge in [0.2, 0.25) is 5.89 Å². The second kappa shape index (κ2) is 15.1. The third-order valence-corrected chi connectivity index (χ3v) is 11.5. The Bertz CT molecular complexity index is 3290. The van der Waals surface area contributed by atoms with Crippen LogP contribution >= 0.6 is 0 Å². The van der Waals surface area contributed by atoms with Crippen molar-refractivity contribution < 1.29 is 4.42 Å². The molecule has 3 heteroatoms. The fourth-order valence-electron chi connectivity index (χ4n) is 8.50. The van der Waals surface area contributed by atoms with Crippen molar-refractivity contribution in [2.75, 3.05) is 4.90 Å². The monoisotopic (exact) mass is 766 g/mol. The van der Waals surface area contributed by atoms with Crippen molar-refractivity contribution in [3.05, 3.63) is 231 Å². The molecule has 0 aliphatic rings. The lowest BCUT2D eigenvalue weighted by atomic mass is 9.97. The number of rotatable bonds is 8. The van der Waals surface area contributed by atoms with Crippen LogP contribution in [0.5, 0.6) is 0 Å². The van der Waals surface area contributed by atoms with Crippen LogP contribution in [0.4, 0.5) is 17.1 Å². The van der Waals surface area contributed by atoms with Gasteiger partial charge in [-0.15, -0.1) is 0 Å². The summed E-state index contributed by atoms with van der Waals surface area (Å²) in [6.45, 7) is 0. The van der Waals surface area contributed by atoms with Gasteiger partial charge in [-0.05, 0) is 110 Å². The van der Waals surface area contributed by atoms with Crippen LogP contribution in [0.3, 0.4) is 0 Å². The fourth-order valence-corrected chi connectivity index (χ4v) is 8.50. The van der Waals surface area contributed by atoms with Crippen molar-refractivity contribution in [1.82, 2.24) is 4.98 Å². The molecular weight excluding hydrogens is 729 g/mol. The van der Waals surface area contributed by atoms with Crippen molar-refractivity contribution >= 4 is 49.7 Å². The third kappa shape index (κ3) is 6.49. The maximum atomic E-state index is 6.70. The molecule has 0 aliphatic carbocycles. The summed E-state index contributed by atoms with van der Waals surface area (Å²) in [4.78, 5) is 7.59. The van der Waals surface area contributed by atoms with E-state index in [1.165, 1.54) is 33.0 Å². The van der Waals surface area contributed by atoms with Crippen molar-refractivity contribution in [3.8, 4) is 56.0 Å². The molecule has 60 heavy (non-hydrogen) atoms. The van der Waals surface area contributed by atoms with Gasteiger partial charge < -0.3 is 9.32 Å². The van der Waals surface area contributed by atoms with E-state index in [4.69, 9.17) is 9.40 Å². The number of fused-ring (bicyclic) bond motifs is 4. The molecule has 0 saturated carbocycles. The molecule has 11 aromatic rings. The Morgan fingerprint density at radius 2 is 0.800 bits per heavy atom. The molecule has 0 spiro atoms. The Morgan fingerprint density at radius 3 is 1.47 bits per heavy atom. The highest BCUT2D eigenvalue weighted by molar-refractivity contribution is 6.10. The number of benzene rings is 10. The van der Waals surface area contributed by atoms with Crippen molar-refractivity contribution in [2.45, 2.75) is 0 Å². The zero-order valence-electron chi connectivity index (χ0n) is 32.7. The molecule has 1 aromatic heterocycles. The largest absolute Gasteiger partial charge is 0.435 e. The molecule has 0 fully saturated rings. The van der Waals surface area contributed by atoms with Gasteiger partial charge in [0.15, 0.2) is 5.58 Å². The first-order valence-corrected chi connectivity index (χ1v) is 20.4. The van der Waals surface area contributed by atoms with Gasteiger partial charge in [-0.25, -0.2) is 4.98 Å². The zero-order chi connectivity index (χ0) is 39.8. The summed E-state index contributed by atoms with van der Waals surface area (Å²) < 4.78 is 6.70. The van der Waals surface area contributed by atoms with Crippen LogP contribution in [0.2, 0.25) is 0 Å². The summed E-state index contributed by atoms with van der Waals surface area (Å²) >= 11 is 0. The normalized spacial score (nSPS) is 11.3. The highest BCUT2D eigenvalue weighted by atomic mass is 16.3. The molecule has 0 bridgehead atoms. The molecule has 282 valence electrons. The maximum Gasteiger partial charge on any atom is 0.227 e. The van der Waals surface area contributed by atoms with Gasteiger partial charge in [0.05, 0.1) is 0 Å². The average Bonchev–Trinajstić information content (AvgIpc) is 3.78. The van der Waals surface area contributed by atoms with Gasteiger partial charge in [-0.3, -0.25) is 0 Å². The van der Waals surface area contributed by atoms with E-state index in [-0.39, 0.29) is 0 Å². The first-order valence-electron chi connectivity index (χ1n) is 20.4. The summed E-state index contributed by atoms with van der Waals surface area (Å²) in [6.07, 6.45) is 0. The van der Waals surface area contributed by atoms with Crippen molar-refractivity contribution in [3.63, 3.8) is 0 Å². The first-order chi connectivity index (χ1) is 29.7. The Kier molecular flexibility index (Phi) is 8.83. The molecule has 0 amide bonds. The Labute approximate surface area is 349 Å². The lowest BCUT2D eigenvalue weighted by Crippen LogP contribution is -2.10. The van der Waals surface area contributed by atoms with E-state index >= 15 is 0 Å². The fraction of sp³-hybridized carbons (Fsp3) is 0. The van der Waals surface area contributed by atoms with E-state index in [1.54, 1.807) is 0 Å². The highest BCUT2D eigenvalue weighted by Crippen LogP contribution is 2.42. The van der Waals surface area contributed by atoms with Gasteiger partial charge in [-0.1, -0.05) is 176 Å². The van der Waals surface area contributed by atoms with Crippen LogP contribution in [0.1, 0.15) is 0 Å². The smallest absolute Gasteiger partial charge is 0.227 e. The van der Waals surface area contributed by atoms with Gasteiger partial charge in [0.25, 0.3) is 0 Å². The predicted octanol–water partition coefficient (Wildman–Crippen LogP) is 15.9. The minimum atomic E-state index is 0.601. The van der Waals surface area contributed by atoms with E-state index < -0.39 is 0 Å². The van der Waals surface area contributed by atoms with Gasteiger partial charge in [-0.2, -0.15) is 0 Å². The number of nitrogens with zero attached hydrogens (tertiary/aromatic N) is 2. The van der Waals surface area contributed by atoms with Crippen LogP contribution < -0.4 is 4.90 Å². The minimum Gasteiger partial charge on any atom is -0.435 e. The number of aromatic nitrogens is 1. The van der Waals surface area contributed by atoms with E-state index in [0.717, 1.165) is 66.8 Å². The van der Waals surface area contributed by atoms with E-state index in [9.17, 15) is 0 Å². The average molecular weight is 767 g/mol. The van der Waals surface area contributed by atoms with Gasteiger partial charge >= 0.3 is 0 Å². The van der Waals surface area contributed by atoms with E-state index in [2.05, 4.69) is 229 Å². The predicted molar refractivity (Wildman–Crippen MR) is 251 cm³/mol. The lowest BCUT2D eigenvalue weighted by molar-refractivity contribution is 0.623. The highest BCUT2D eigenvalue weighted by Gasteiger charge is 2.20. The molecular formula is C57H38N2O. The molecule has 1 heterocycles. The van der Waals surface area contributed by atoms with Crippen LogP contribution in [0.25, 0.3) is 88.6 Å². The summed E-state index contributed by atoms with van der Waals surface area (Å²) in [5, 5.41) is 4.60. The number of anilines is 3. The van der Waals surface area contributed by atoms with Crippen LogP contribution in [-0.2, 0) is 0 Å². The number of hydrogen-bond acceptors (Lipinski definition) is 3. The van der Waals surface area contributed by atoms with Crippen molar-refractivity contribution in [1.29, 1.82) is 0 Å². The second-order valence-electron chi connectivity index (χ2n) is 15.2. The lowest BCUT2D eigenvalue weighted by Gasteiger charge is -2.27. The summed E-state index contributed by atoms with van der Waals surface area (Å²) in [6, 6.07) is 81.8. The molecule has 10 aromatic carbocycles. The molecule has 0 unspecified atom stereocenters. The third-order valence-electron chi connectivity index (χ3n) is 11.5. The minimum absolute atomic E-state index is 0.601. The SMILES string of the molecule is c1ccc(-c2ccc(-c3nc4c(-c5cccc(N(c6ccc(-c7ccccc7)cc6)c6cccc(-c7cccc8ccccc78)c6)c5)cc5ccccc5c4o3)cc2)cc1. The second-order valence-corrected chi connectivity index (χ2v) is 15.2. The van der Waals surface area contributed by atoms with Crippen molar-refractivity contribution in [2.24, 2.45) is 0 Å². The molecule has 0 atom stereocenters. The Morgan fingerprint density at radius 1 is 0.317 bits per heavy atom. The summed E-state index contributed by atoms with van der Waals surface area (Å²) in [5.41, 5.74) is 14.9. The zero-order valence-corrected chi connectivity index (χ0v) is 32.7. The topological polar surface area (TPSA) is 29.3 Å². The number of hydrogen-bond donors (Lipinski definition) is 0. The Hall–Kier alpha value is -8.01. The Balaban J connectivity index is 1.05. The van der Waals surface area contributed by atoms with E-state index in [0.29, 0.717) is 5.89 Å². The maximum absolute atomic E-state index is 6.70. The van der Waals surface area contributed by atoms with E-state index in [1.807, 2.05) is 6.07 Å². The summed E-state index contributed by atoms with van der Waals surface area (Å²) in [7, 11) is 0. The molecule has 11 rings (SSSR count). The molecule has 3 nitrogen and oxygen atoms in total. The van der Waals surface area contributed by atoms with Crippen LogP contribution in [0, 0.1) is 0 Å². The standard InChI is InChI=1S/C57H38N2O/c1-3-14-39(15-4-1)41-28-30-44(31-29-41)57-58-55-54(38-47-19-8-10-26-53(47)56(55)60-57)46-22-12-24-50(37-46)59(48-34-32-42(33-35-48)40-16-5-2-6-17-40)49-23-11-21-45(36-49)52-27-13-20-43-18-7-9-25-51(43)52/h1-38H. The quantitative estimate of drug-likeness (QED) is 0.154. The molecule has 0 radical (unpaired) electrons. The van der Waals surface area contributed by atoms with Gasteiger partial charge in [0.1, 0.15) is 5.52 Å². The first kappa shape index (κ1) is 35.2.